The Balaban J connectivity index is 2.73. The summed E-state index contributed by atoms with van der Waals surface area (Å²) in [6, 6.07) is 7.52. The maximum atomic E-state index is 11.9. The van der Waals surface area contributed by atoms with Gasteiger partial charge in [0.15, 0.2) is 15.6 Å². The van der Waals surface area contributed by atoms with E-state index in [0.717, 1.165) is 0 Å². The Bertz CT molecular complexity index is 537. The van der Waals surface area contributed by atoms with Gasteiger partial charge in [-0.1, -0.05) is 53.0 Å². The molecule has 4 nitrogen and oxygen atoms in total. The lowest BCUT2D eigenvalue weighted by Gasteiger charge is -2.17. The molecule has 0 bridgehead atoms. The van der Waals surface area contributed by atoms with Crippen LogP contribution in [0.1, 0.15) is 6.42 Å². The van der Waals surface area contributed by atoms with Crippen LogP contribution in [0.15, 0.2) is 35.2 Å². The topological polar surface area (TPSA) is 71.4 Å². The van der Waals surface area contributed by atoms with E-state index in [1.807, 2.05) is 0 Å². The number of carbonyl (C=O) groups is 1. The van der Waals surface area contributed by atoms with Gasteiger partial charge in [0.1, 0.15) is 11.9 Å². The number of hydrogen-bond acceptors (Lipinski definition) is 4. The van der Waals surface area contributed by atoms with Crippen LogP contribution in [-0.2, 0) is 14.6 Å². The van der Waals surface area contributed by atoms with E-state index in [1.54, 1.807) is 18.2 Å². The zero-order valence-corrected chi connectivity index (χ0v) is 12.7. The molecule has 1 aromatic rings. The van der Waals surface area contributed by atoms with Crippen molar-refractivity contribution >= 4 is 50.4 Å². The third-order valence-corrected chi connectivity index (χ3v) is 4.70. The van der Waals surface area contributed by atoms with Gasteiger partial charge in [0.2, 0.25) is 3.79 Å². The minimum atomic E-state index is -3.74. The second-order valence-electron chi connectivity index (χ2n) is 3.87. The Morgan fingerprint density at radius 2 is 1.74 bits per heavy atom. The number of rotatable bonds is 5. The number of halogens is 3. The van der Waals surface area contributed by atoms with Gasteiger partial charge in [-0.3, -0.25) is 4.79 Å². The van der Waals surface area contributed by atoms with E-state index in [1.165, 1.54) is 12.1 Å². The summed E-state index contributed by atoms with van der Waals surface area (Å²) in [6.07, 6.45) is -2.08. The minimum Gasteiger partial charge on any atom is -0.388 e. The van der Waals surface area contributed by atoms with Gasteiger partial charge in [-0.25, -0.2) is 8.42 Å². The van der Waals surface area contributed by atoms with Crippen LogP contribution in [0, 0.1) is 0 Å². The summed E-state index contributed by atoms with van der Waals surface area (Å²) in [6.45, 7) is 0. The maximum Gasteiger partial charge on any atom is 0.216 e. The van der Waals surface area contributed by atoms with Crippen LogP contribution >= 0.6 is 34.8 Å². The number of alkyl halides is 3. The second kappa shape index (κ2) is 6.41. The fourth-order valence-corrected chi connectivity index (χ4v) is 2.83. The molecule has 1 atom stereocenters. The molecule has 0 aliphatic heterocycles. The molecule has 0 radical (unpaired) electrons. The van der Waals surface area contributed by atoms with Gasteiger partial charge in [-0.2, -0.15) is 0 Å². The zero-order chi connectivity index (χ0) is 14.7. The summed E-state index contributed by atoms with van der Waals surface area (Å²) in [4.78, 5) is 11.6. The lowest BCUT2D eigenvalue weighted by atomic mass is 10.2. The van der Waals surface area contributed by atoms with Crippen LogP contribution in [0.2, 0.25) is 0 Å². The van der Waals surface area contributed by atoms with E-state index in [2.05, 4.69) is 0 Å². The van der Waals surface area contributed by atoms with E-state index in [0.29, 0.717) is 0 Å². The summed E-state index contributed by atoms with van der Waals surface area (Å²) >= 11 is 16.2. The molecule has 1 N–H and O–H groups in total. The molecule has 0 aliphatic rings. The highest BCUT2D eigenvalue weighted by Crippen LogP contribution is 2.32. The highest BCUT2D eigenvalue weighted by Gasteiger charge is 2.33. The number of sulfone groups is 1. The molecule has 0 fully saturated rings. The lowest BCUT2D eigenvalue weighted by Crippen LogP contribution is -2.30. The molecule has 0 saturated heterocycles. The third kappa shape index (κ3) is 5.28. The Labute approximate surface area is 126 Å². The fraction of sp³-hybridized carbons (Fsp3) is 0.364. The number of hydrogen-bond donors (Lipinski definition) is 1. The molecule has 0 saturated carbocycles. The van der Waals surface area contributed by atoms with E-state index < -0.39 is 37.7 Å². The van der Waals surface area contributed by atoms with Gasteiger partial charge in [0.05, 0.1) is 4.90 Å². The standard InChI is InChI=1S/C11H11Cl3O4S/c12-11(13,14)10(16)6-8(15)7-19(17,18)9-4-2-1-3-5-9/h1-5,10,16H,6-7H2/t10-/m1/s1. The first-order valence-electron chi connectivity index (χ1n) is 5.17. The van der Waals surface area contributed by atoms with Gasteiger partial charge in [0.25, 0.3) is 0 Å². The van der Waals surface area contributed by atoms with E-state index in [9.17, 15) is 18.3 Å². The molecule has 0 heterocycles. The zero-order valence-electron chi connectivity index (χ0n) is 9.59. The van der Waals surface area contributed by atoms with E-state index in [4.69, 9.17) is 34.8 Å². The first-order valence-corrected chi connectivity index (χ1v) is 7.96. The molecule has 0 aromatic heterocycles. The van der Waals surface area contributed by atoms with Crippen LogP contribution in [0.5, 0.6) is 0 Å². The Hall–Kier alpha value is -0.330. The van der Waals surface area contributed by atoms with Crippen LogP contribution in [-0.4, -0.2) is 35.0 Å². The predicted octanol–water partition coefficient (Wildman–Crippen LogP) is 2.15. The number of aliphatic hydroxyl groups excluding tert-OH is 1. The molecule has 0 amide bonds. The van der Waals surface area contributed by atoms with Crippen molar-refractivity contribution in [1.82, 2.24) is 0 Å². The van der Waals surface area contributed by atoms with Crippen molar-refractivity contribution in [3.05, 3.63) is 30.3 Å². The normalized spacial score (nSPS) is 14.1. The van der Waals surface area contributed by atoms with Crippen LogP contribution in [0.25, 0.3) is 0 Å². The van der Waals surface area contributed by atoms with Gasteiger partial charge in [0, 0.05) is 6.42 Å². The Kier molecular flexibility index (Phi) is 5.65. The van der Waals surface area contributed by atoms with Crippen LogP contribution in [0.3, 0.4) is 0 Å². The molecule has 1 rings (SSSR count). The molecule has 106 valence electrons. The average molecular weight is 346 g/mol. The van der Waals surface area contributed by atoms with Gasteiger partial charge in [-0.05, 0) is 12.1 Å². The predicted molar refractivity (Wildman–Crippen MR) is 74.4 cm³/mol. The first-order chi connectivity index (χ1) is 8.63. The smallest absolute Gasteiger partial charge is 0.216 e. The minimum absolute atomic E-state index is 0.0340. The number of carbonyl (C=O) groups excluding carboxylic acids is 1. The number of aliphatic hydroxyl groups is 1. The van der Waals surface area contributed by atoms with Crippen LogP contribution in [0.4, 0.5) is 0 Å². The summed E-state index contributed by atoms with van der Waals surface area (Å²) < 4.78 is 21.7. The summed E-state index contributed by atoms with van der Waals surface area (Å²) in [5.74, 6) is -1.46. The van der Waals surface area contributed by atoms with Crippen molar-refractivity contribution in [3.63, 3.8) is 0 Å². The average Bonchev–Trinajstić information content (AvgIpc) is 2.28. The largest absolute Gasteiger partial charge is 0.388 e. The highest BCUT2D eigenvalue weighted by atomic mass is 35.6. The Morgan fingerprint density at radius 3 is 2.21 bits per heavy atom. The van der Waals surface area contributed by atoms with Crippen LogP contribution < -0.4 is 0 Å². The van der Waals surface area contributed by atoms with Gasteiger partial charge in [-0.15, -0.1) is 0 Å². The van der Waals surface area contributed by atoms with Crippen molar-refractivity contribution in [2.24, 2.45) is 0 Å². The summed E-state index contributed by atoms with van der Waals surface area (Å²) in [5.41, 5.74) is 0. The third-order valence-electron chi connectivity index (χ3n) is 2.25. The molecular formula is C11H11Cl3O4S. The molecular weight excluding hydrogens is 335 g/mol. The molecule has 0 aliphatic carbocycles. The second-order valence-corrected chi connectivity index (χ2v) is 8.23. The van der Waals surface area contributed by atoms with Crippen molar-refractivity contribution in [2.45, 2.75) is 21.2 Å². The first kappa shape index (κ1) is 16.7. The van der Waals surface area contributed by atoms with Crippen molar-refractivity contribution in [1.29, 1.82) is 0 Å². The quantitative estimate of drug-likeness (QED) is 0.830. The number of Topliss-reactive ketones (excluding diaryl/α,β-unsaturated/α-hetero) is 1. The van der Waals surface area contributed by atoms with E-state index in [-0.39, 0.29) is 4.90 Å². The molecule has 8 heteroatoms. The van der Waals surface area contributed by atoms with Gasteiger partial charge >= 0.3 is 0 Å². The molecule has 19 heavy (non-hydrogen) atoms. The van der Waals surface area contributed by atoms with E-state index >= 15 is 0 Å². The SMILES string of the molecule is O=C(C[C@@H](O)C(Cl)(Cl)Cl)CS(=O)(=O)c1ccccc1. The van der Waals surface area contributed by atoms with Crippen molar-refractivity contribution < 1.29 is 18.3 Å². The summed E-state index contributed by atoms with van der Waals surface area (Å²) in [7, 11) is -3.74. The Morgan fingerprint density at radius 1 is 1.21 bits per heavy atom. The van der Waals surface area contributed by atoms with Crippen molar-refractivity contribution in [2.75, 3.05) is 5.75 Å². The fourth-order valence-electron chi connectivity index (χ4n) is 1.31. The highest BCUT2D eigenvalue weighted by molar-refractivity contribution is 7.92. The monoisotopic (exact) mass is 344 g/mol. The molecule has 1 aromatic carbocycles. The number of benzene rings is 1. The van der Waals surface area contributed by atoms with Gasteiger partial charge < -0.3 is 5.11 Å². The lowest BCUT2D eigenvalue weighted by molar-refractivity contribution is -0.118. The molecule has 0 spiro atoms. The number of ketones is 1. The molecule has 0 unspecified atom stereocenters. The maximum absolute atomic E-state index is 11.9. The summed E-state index contributed by atoms with van der Waals surface area (Å²) in [5, 5.41) is 9.41. The van der Waals surface area contributed by atoms with Crippen molar-refractivity contribution in [3.8, 4) is 0 Å².